The van der Waals surface area contributed by atoms with Gasteiger partial charge in [0, 0.05) is 6.07 Å². The molecule has 1 rings (SSSR count). The Bertz CT molecular complexity index is 440. The lowest BCUT2D eigenvalue weighted by Crippen LogP contribution is -2.15. The van der Waals surface area contributed by atoms with Gasteiger partial charge in [0.2, 0.25) is 0 Å². The molecule has 0 radical (unpaired) electrons. The highest BCUT2D eigenvalue weighted by Gasteiger charge is 2.19. The van der Waals surface area contributed by atoms with Crippen LogP contribution < -0.4 is 16.0 Å². The van der Waals surface area contributed by atoms with Crippen molar-refractivity contribution < 1.29 is 9.66 Å². The molecule has 0 amide bonds. The molecule has 0 saturated heterocycles. The summed E-state index contributed by atoms with van der Waals surface area (Å²) < 4.78 is 5.58. The summed E-state index contributed by atoms with van der Waals surface area (Å²) in [5, 5.41) is 10.9. The normalized spacial score (nSPS) is 11.9. The lowest BCUT2D eigenvalue weighted by molar-refractivity contribution is -0.386. The zero-order valence-corrected chi connectivity index (χ0v) is 12.0. The number of aromatic nitrogens is 1. The van der Waals surface area contributed by atoms with E-state index in [1.807, 2.05) is 6.92 Å². The molecule has 0 saturated carbocycles. The minimum absolute atomic E-state index is 0.00782. The number of anilines is 1. The van der Waals surface area contributed by atoms with Gasteiger partial charge in [-0.2, -0.15) is 4.98 Å². The van der Waals surface area contributed by atoms with Crippen molar-refractivity contribution in [3.8, 4) is 5.88 Å². The predicted octanol–water partition coefficient (Wildman–Crippen LogP) is 3.01. The molecule has 0 fully saturated rings. The Morgan fingerprint density at radius 2 is 2.20 bits per heavy atom. The van der Waals surface area contributed by atoms with E-state index in [0.29, 0.717) is 5.82 Å². The number of nitrogens with one attached hydrogen (secondary N) is 1. The summed E-state index contributed by atoms with van der Waals surface area (Å²) in [6.07, 6.45) is 5.27. The quantitative estimate of drug-likeness (QED) is 0.312. The molecule has 1 aromatic rings. The van der Waals surface area contributed by atoms with Crippen molar-refractivity contribution in [3.05, 3.63) is 22.2 Å². The molecule has 20 heavy (non-hydrogen) atoms. The van der Waals surface area contributed by atoms with Crippen LogP contribution in [0.15, 0.2) is 12.1 Å². The van der Waals surface area contributed by atoms with Crippen molar-refractivity contribution in [1.29, 1.82) is 0 Å². The molecule has 1 heterocycles. The van der Waals surface area contributed by atoms with E-state index >= 15 is 0 Å². The summed E-state index contributed by atoms with van der Waals surface area (Å²) in [7, 11) is 0. The van der Waals surface area contributed by atoms with E-state index in [-0.39, 0.29) is 17.7 Å². The summed E-state index contributed by atoms with van der Waals surface area (Å²) >= 11 is 0. The minimum Gasteiger partial charge on any atom is -0.470 e. The topological polar surface area (TPSA) is 103 Å². The number of nitrogens with two attached hydrogens (primary N) is 1. The average Bonchev–Trinajstić information content (AvgIpc) is 2.43. The second-order valence-electron chi connectivity index (χ2n) is 4.70. The first-order valence-corrected chi connectivity index (χ1v) is 6.87. The maximum atomic E-state index is 10.9. The standard InChI is InChI=1S/C13H22N4O3/c1-3-4-5-6-7-10(2)20-13-11(17(18)19)8-9-12(15-13)16-14/h8-10H,3-7,14H2,1-2H3,(H,15,16). The Kier molecular flexibility index (Phi) is 6.72. The van der Waals surface area contributed by atoms with Gasteiger partial charge in [-0.05, 0) is 25.8 Å². The van der Waals surface area contributed by atoms with E-state index in [0.717, 1.165) is 19.3 Å². The summed E-state index contributed by atoms with van der Waals surface area (Å²) in [5.74, 6) is 5.60. The number of hydrogen-bond donors (Lipinski definition) is 2. The molecule has 0 aliphatic carbocycles. The molecule has 0 bridgehead atoms. The van der Waals surface area contributed by atoms with Gasteiger partial charge in [0.15, 0.2) is 0 Å². The number of nitro groups is 1. The van der Waals surface area contributed by atoms with Gasteiger partial charge in [-0.1, -0.05) is 26.2 Å². The van der Waals surface area contributed by atoms with Crippen LogP contribution in [0, 0.1) is 10.1 Å². The van der Waals surface area contributed by atoms with Gasteiger partial charge < -0.3 is 10.2 Å². The largest absolute Gasteiger partial charge is 0.470 e. The Balaban J connectivity index is 2.66. The van der Waals surface area contributed by atoms with Gasteiger partial charge in [0.1, 0.15) is 5.82 Å². The lowest BCUT2D eigenvalue weighted by atomic mass is 10.1. The number of hydrogen-bond acceptors (Lipinski definition) is 6. The van der Waals surface area contributed by atoms with E-state index in [1.54, 1.807) is 0 Å². The van der Waals surface area contributed by atoms with Crippen LogP contribution in [-0.4, -0.2) is 16.0 Å². The third-order valence-electron chi connectivity index (χ3n) is 2.96. The number of ether oxygens (including phenoxy) is 1. The van der Waals surface area contributed by atoms with E-state index in [2.05, 4.69) is 17.3 Å². The third kappa shape index (κ3) is 5.00. The summed E-state index contributed by atoms with van der Waals surface area (Å²) in [6, 6.07) is 2.78. The smallest absolute Gasteiger partial charge is 0.331 e. The van der Waals surface area contributed by atoms with Gasteiger partial charge in [-0.15, -0.1) is 0 Å². The molecule has 0 aliphatic rings. The number of rotatable bonds is 9. The maximum absolute atomic E-state index is 10.9. The first-order chi connectivity index (χ1) is 9.58. The Morgan fingerprint density at radius 1 is 1.45 bits per heavy atom. The number of pyridine rings is 1. The Labute approximate surface area is 118 Å². The summed E-state index contributed by atoms with van der Waals surface area (Å²) in [6.45, 7) is 4.04. The van der Waals surface area contributed by atoms with E-state index in [1.165, 1.54) is 25.0 Å². The fraction of sp³-hybridized carbons (Fsp3) is 0.615. The SMILES string of the molecule is CCCCCCC(C)Oc1nc(NN)ccc1[N+](=O)[O-]. The summed E-state index contributed by atoms with van der Waals surface area (Å²) in [5.41, 5.74) is 2.20. The second-order valence-corrected chi connectivity index (χ2v) is 4.70. The first-order valence-electron chi connectivity index (χ1n) is 6.87. The van der Waals surface area contributed by atoms with Gasteiger partial charge >= 0.3 is 5.69 Å². The maximum Gasteiger partial charge on any atom is 0.331 e. The van der Waals surface area contributed by atoms with Gasteiger partial charge in [0.25, 0.3) is 5.88 Å². The van der Waals surface area contributed by atoms with Crippen molar-refractivity contribution in [2.45, 2.75) is 52.1 Å². The van der Waals surface area contributed by atoms with Crippen molar-refractivity contribution in [2.75, 3.05) is 5.43 Å². The Morgan fingerprint density at radius 3 is 2.80 bits per heavy atom. The molecular formula is C13H22N4O3. The van der Waals surface area contributed by atoms with Crippen LogP contribution in [0.1, 0.15) is 46.0 Å². The van der Waals surface area contributed by atoms with Crippen LogP contribution in [0.2, 0.25) is 0 Å². The molecule has 1 aromatic heterocycles. The molecule has 1 unspecified atom stereocenters. The minimum atomic E-state index is -0.508. The molecule has 112 valence electrons. The molecule has 3 N–H and O–H groups in total. The van der Waals surface area contributed by atoms with Crippen molar-refractivity contribution >= 4 is 11.5 Å². The fourth-order valence-electron chi connectivity index (χ4n) is 1.85. The van der Waals surface area contributed by atoms with Crippen molar-refractivity contribution in [3.63, 3.8) is 0 Å². The number of nitrogens with zero attached hydrogens (tertiary/aromatic N) is 2. The number of hydrazine groups is 1. The zero-order valence-electron chi connectivity index (χ0n) is 12.0. The van der Waals surface area contributed by atoms with Crippen molar-refractivity contribution in [2.24, 2.45) is 5.84 Å². The second kappa shape index (κ2) is 8.31. The van der Waals surface area contributed by atoms with Crippen LogP contribution in [0.25, 0.3) is 0 Å². The van der Waals surface area contributed by atoms with Crippen LogP contribution >= 0.6 is 0 Å². The highest BCUT2D eigenvalue weighted by molar-refractivity contribution is 5.48. The Hall–Kier alpha value is -1.89. The van der Waals surface area contributed by atoms with E-state index < -0.39 is 4.92 Å². The van der Waals surface area contributed by atoms with Gasteiger partial charge in [-0.25, -0.2) is 5.84 Å². The predicted molar refractivity (Wildman–Crippen MR) is 77.6 cm³/mol. The van der Waals surface area contributed by atoms with Crippen LogP contribution in [-0.2, 0) is 0 Å². The highest BCUT2D eigenvalue weighted by Crippen LogP contribution is 2.27. The molecule has 0 spiro atoms. The van der Waals surface area contributed by atoms with E-state index in [4.69, 9.17) is 10.6 Å². The molecule has 7 heteroatoms. The van der Waals surface area contributed by atoms with Crippen molar-refractivity contribution in [1.82, 2.24) is 4.98 Å². The zero-order chi connectivity index (χ0) is 15.0. The summed E-state index contributed by atoms with van der Waals surface area (Å²) in [4.78, 5) is 14.4. The van der Waals surface area contributed by atoms with E-state index in [9.17, 15) is 10.1 Å². The lowest BCUT2D eigenvalue weighted by Gasteiger charge is -2.14. The molecular weight excluding hydrogens is 260 g/mol. The number of nitrogen functional groups attached to an aromatic ring is 1. The van der Waals surface area contributed by atoms with Gasteiger partial charge in [0.05, 0.1) is 11.0 Å². The molecule has 0 aliphatic heterocycles. The number of unbranched alkanes of at least 4 members (excludes halogenated alkanes) is 3. The fourth-order valence-corrected chi connectivity index (χ4v) is 1.85. The van der Waals surface area contributed by atoms with Crippen LogP contribution in [0.5, 0.6) is 5.88 Å². The van der Waals surface area contributed by atoms with Crippen LogP contribution in [0.3, 0.4) is 0 Å². The first kappa shape index (κ1) is 16.2. The average molecular weight is 282 g/mol. The van der Waals surface area contributed by atoms with Gasteiger partial charge in [-0.3, -0.25) is 10.1 Å². The highest BCUT2D eigenvalue weighted by atomic mass is 16.6. The molecule has 7 nitrogen and oxygen atoms in total. The third-order valence-corrected chi connectivity index (χ3v) is 2.96. The van der Waals surface area contributed by atoms with Crippen LogP contribution in [0.4, 0.5) is 11.5 Å². The molecule has 1 atom stereocenters. The monoisotopic (exact) mass is 282 g/mol. The molecule has 0 aromatic carbocycles.